The van der Waals surface area contributed by atoms with Crippen molar-refractivity contribution in [3.05, 3.63) is 66.0 Å². The van der Waals surface area contributed by atoms with Gasteiger partial charge in [0.1, 0.15) is 0 Å². The van der Waals surface area contributed by atoms with Gasteiger partial charge in [-0.15, -0.1) is 13.2 Å². The molecule has 1 aromatic heterocycles. The van der Waals surface area contributed by atoms with Crippen LogP contribution >= 0.6 is 0 Å². The normalized spacial score (nSPS) is 15.4. The van der Waals surface area contributed by atoms with Crippen molar-refractivity contribution in [1.82, 2.24) is 25.9 Å². The zero-order chi connectivity index (χ0) is 27.1. The molecular weight excluding hydrogens is 503 g/mol. The SMILES string of the molecule is Nc1ncc(-c2cccc(CNC(=O)Nc3ccccc3OC(F)(F)F)c2)nc1C(=O)NC1CCCNC1. The maximum atomic E-state index is 12.8. The molecule has 1 aliphatic rings. The summed E-state index contributed by atoms with van der Waals surface area (Å²) in [6.07, 6.45) is -1.63. The van der Waals surface area contributed by atoms with Crippen molar-refractivity contribution < 1.29 is 27.5 Å². The highest BCUT2D eigenvalue weighted by Gasteiger charge is 2.32. The number of piperidine rings is 1. The van der Waals surface area contributed by atoms with Crippen LogP contribution in [0.3, 0.4) is 0 Å². The third-order valence-electron chi connectivity index (χ3n) is 5.68. The van der Waals surface area contributed by atoms with Crippen LogP contribution in [0.1, 0.15) is 28.9 Å². The van der Waals surface area contributed by atoms with Crippen molar-refractivity contribution in [3.63, 3.8) is 0 Å². The molecule has 13 heteroatoms. The Balaban J connectivity index is 1.41. The molecule has 0 saturated carbocycles. The number of nitrogens with zero attached hydrogens (tertiary/aromatic N) is 2. The molecule has 0 spiro atoms. The molecular formula is C25H26F3N7O3. The van der Waals surface area contributed by atoms with E-state index in [1.165, 1.54) is 24.4 Å². The predicted octanol–water partition coefficient (Wildman–Crippen LogP) is 3.43. The summed E-state index contributed by atoms with van der Waals surface area (Å²) in [7, 11) is 0. The third kappa shape index (κ3) is 7.32. The van der Waals surface area contributed by atoms with Gasteiger partial charge in [-0.2, -0.15) is 0 Å². The number of rotatable bonds is 7. The molecule has 6 N–H and O–H groups in total. The molecule has 3 amide bonds. The van der Waals surface area contributed by atoms with E-state index in [4.69, 9.17) is 5.73 Å². The smallest absolute Gasteiger partial charge is 0.404 e. The fourth-order valence-corrected chi connectivity index (χ4v) is 3.91. The Morgan fingerprint density at radius 2 is 1.97 bits per heavy atom. The van der Waals surface area contributed by atoms with E-state index >= 15 is 0 Å². The summed E-state index contributed by atoms with van der Waals surface area (Å²) in [6, 6.07) is 11.5. The standard InChI is InChI=1S/C25H26F3N7O3/c26-25(27,28)38-20-9-2-1-8-18(20)35-24(37)32-12-15-5-3-6-16(11-15)19-14-31-22(29)21(34-19)23(36)33-17-7-4-10-30-13-17/h1-3,5-6,8-9,11,14,17,30H,4,7,10,12-13H2,(H2,29,31)(H,33,36)(H2,32,35,37). The van der Waals surface area contributed by atoms with Gasteiger partial charge in [-0.25, -0.2) is 14.8 Å². The minimum atomic E-state index is -4.90. The first-order chi connectivity index (χ1) is 18.2. The zero-order valence-electron chi connectivity index (χ0n) is 20.1. The number of carbonyl (C=O) groups excluding carboxylic acids is 2. The monoisotopic (exact) mass is 529 g/mol. The lowest BCUT2D eigenvalue weighted by Crippen LogP contribution is -2.46. The molecule has 2 heterocycles. The molecule has 0 aliphatic carbocycles. The Hall–Kier alpha value is -4.39. The second kappa shape index (κ2) is 11.8. The quantitative estimate of drug-likeness (QED) is 0.316. The lowest BCUT2D eigenvalue weighted by atomic mass is 10.1. The number of ether oxygens (including phenoxy) is 1. The van der Waals surface area contributed by atoms with Gasteiger partial charge in [-0.3, -0.25) is 4.79 Å². The number of urea groups is 1. The number of halogens is 3. The van der Waals surface area contributed by atoms with Crippen LogP contribution in [-0.4, -0.2) is 47.4 Å². The summed E-state index contributed by atoms with van der Waals surface area (Å²) >= 11 is 0. The van der Waals surface area contributed by atoms with Crippen molar-refractivity contribution in [1.29, 1.82) is 0 Å². The molecule has 1 saturated heterocycles. The summed E-state index contributed by atoms with van der Waals surface area (Å²) in [4.78, 5) is 33.6. The van der Waals surface area contributed by atoms with Crippen LogP contribution in [0.15, 0.2) is 54.7 Å². The fraction of sp³-hybridized carbons (Fsp3) is 0.280. The van der Waals surface area contributed by atoms with Crippen molar-refractivity contribution in [2.75, 3.05) is 24.1 Å². The van der Waals surface area contributed by atoms with Gasteiger partial charge in [0.05, 0.1) is 17.6 Å². The number of aromatic nitrogens is 2. The van der Waals surface area contributed by atoms with E-state index in [2.05, 4.69) is 36.0 Å². The van der Waals surface area contributed by atoms with Crippen LogP contribution in [0, 0.1) is 0 Å². The number of benzene rings is 2. The molecule has 38 heavy (non-hydrogen) atoms. The third-order valence-corrected chi connectivity index (χ3v) is 5.68. The van der Waals surface area contributed by atoms with Gasteiger partial charge in [0.25, 0.3) is 5.91 Å². The molecule has 10 nitrogen and oxygen atoms in total. The fourth-order valence-electron chi connectivity index (χ4n) is 3.91. The maximum Gasteiger partial charge on any atom is 0.573 e. The van der Waals surface area contributed by atoms with E-state index in [-0.39, 0.29) is 29.8 Å². The average Bonchev–Trinajstić information content (AvgIpc) is 2.89. The molecule has 1 fully saturated rings. The van der Waals surface area contributed by atoms with Crippen LogP contribution in [0.5, 0.6) is 5.75 Å². The Bertz CT molecular complexity index is 1300. The Kier molecular flexibility index (Phi) is 8.26. The highest BCUT2D eigenvalue weighted by Crippen LogP contribution is 2.29. The number of carbonyl (C=O) groups is 2. The molecule has 1 aliphatic heterocycles. The summed E-state index contributed by atoms with van der Waals surface area (Å²) in [5.41, 5.74) is 7.53. The molecule has 0 radical (unpaired) electrons. The van der Waals surface area contributed by atoms with Gasteiger partial charge in [-0.1, -0.05) is 30.3 Å². The van der Waals surface area contributed by atoms with E-state index in [0.29, 0.717) is 23.4 Å². The lowest BCUT2D eigenvalue weighted by Gasteiger charge is -2.23. The highest BCUT2D eigenvalue weighted by atomic mass is 19.4. The predicted molar refractivity (Wildman–Crippen MR) is 134 cm³/mol. The number of alkyl halides is 3. The second-order valence-electron chi connectivity index (χ2n) is 8.56. The first-order valence-corrected chi connectivity index (χ1v) is 11.8. The number of hydrogen-bond donors (Lipinski definition) is 5. The summed E-state index contributed by atoms with van der Waals surface area (Å²) < 4.78 is 41.8. The molecule has 1 unspecified atom stereocenters. The number of amides is 3. The number of hydrogen-bond acceptors (Lipinski definition) is 7. The minimum Gasteiger partial charge on any atom is -0.404 e. The van der Waals surface area contributed by atoms with Gasteiger partial charge in [0.2, 0.25) is 0 Å². The van der Waals surface area contributed by atoms with E-state index < -0.39 is 24.1 Å². The Labute approximate surface area is 216 Å². The number of nitrogens with two attached hydrogens (primary N) is 1. The number of para-hydroxylation sites is 2. The maximum absolute atomic E-state index is 12.8. The highest BCUT2D eigenvalue weighted by molar-refractivity contribution is 5.97. The Morgan fingerprint density at radius 3 is 2.74 bits per heavy atom. The zero-order valence-corrected chi connectivity index (χ0v) is 20.1. The van der Waals surface area contributed by atoms with Crippen molar-refractivity contribution in [2.24, 2.45) is 0 Å². The molecule has 3 aromatic rings. The molecule has 200 valence electrons. The van der Waals surface area contributed by atoms with Gasteiger partial charge in [0.15, 0.2) is 17.3 Å². The minimum absolute atomic E-state index is 0.0132. The number of nitrogens with one attached hydrogen (secondary N) is 4. The second-order valence-corrected chi connectivity index (χ2v) is 8.56. The van der Waals surface area contributed by atoms with Crippen LogP contribution in [0.2, 0.25) is 0 Å². The molecule has 0 bridgehead atoms. The van der Waals surface area contributed by atoms with Gasteiger partial charge >= 0.3 is 12.4 Å². The van der Waals surface area contributed by atoms with E-state index in [1.807, 2.05) is 0 Å². The number of nitrogen functional groups attached to an aromatic ring is 1. The van der Waals surface area contributed by atoms with Gasteiger partial charge < -0.3 is 31.7 Å². The molecule has 1 atom stereocenters. The Morgan fingerprint density at radius 1 is 1.16 bits per heavy atom. The summed E-state index contributed by atoms with van der Waals surface area (Å²) in [5.74, 6) is -0.923. The van der Waals surface area contributed by atoms with Crippen LogP contribution in [-0.2, 0) is 6.54 Å². The van der Waals surface area contributed by atoms with Gasteiger partial charge in [0, 0.05) is 24.7 Å². The first-order valence-electron chi connectivity index (χ1n) is 11.8. The largest absolute Gasteiger partial charge is 0.573 e. The molecule has 4 rings (SSSR count). The average molecular weight is 530 g/mol. The van der Waals surface area contributed by atoms with E-state index in [0.717, 1.165) is 25.5 Å². The van der Waals surface area contributed by atoms with Crippen LogP contribution in [0.25, 0.3) is 11.3 Å². The van der Waals surface area contributed by atoms with E-state index in [1.54, 1.807) is 24.3 Å². The first kappa shape index (κ1) is 26.7. The molecule has 2 aromatic carbocycles. The topological polar surface area (TPSA) is 143 Å². The van der Waals surface area contributed by atoms with E-state index in [9.17, 15) is 22.8 Å². The van der Waals surface area contributed by atoms with Crippen LogP contribution < -0.4 is 31.7 Å². The van der Waals surface area contributed by atoms with Gasteiger partial charge in [-0.05, 0) is 43.1 Å². The summed E-state index contributed by atoms with van der Waals surface area (Å²) in [6.45, 7) is 1.64. The van der Waals surface area contributed by atoms with Crippen LogP contribution in [0.4, 0.5) is 29.5 Å². The van der Waals surface area contributed by atoms with Crippen molar-refractivity contribution >= 4 is 23.4 Å². The lowest BCUT2D eigenvalue weighted by molar-refractivity contribution is -0.274. The number of anilines is 2. The summed E-state index contributed by atoms with van der Waals surface area (Å²) in [5, 5.41) is 11.1. The van der Waals surface area contributed by atoms with Crippen molar-refractivity contribution in [3.8, 4) is 17.0 Å². The van der Waals surface area contributed by atoms with Crippen molar-refractivity contribution in [2.45, 2.75) is 31.8 Å².